The average Bonchev–Trinajstić information content (AvgIpc) is 2.51. The van der Waals surface area contributed by atoms with E-state index in [4.69, 9.17) is 5.73 Å². The quantitative estimate of drug-likeness (QED) is 0.719. The largest absolute Gasteiger partial charge is 0.384 e. The zero-order valence-electron chi connectivity index (χ0n) is 8.10. The SMILES string of the molecule is Cc1cc(N)ncc1-c1cn(C)nn1. The van der Waals surface area contributed by atoms with Crippen LogP contribution in [0, 0.1) is 6.92 Å². The first-order valence-corrected chi connectivity index (χ1v) is 4.25. The number of aromatic nitrogens is 4. The Kier molecular flexibility index (Phi) is 1.92. The molecule has 0 atom stereocenters. The zero-order valence-corrected chi connectivity index (χ0v) is 8.10. The predicted molar refractivity (Wildman–Crippen MR) is 53.4 cm³/mol. The van der Waals surface area contributed by atoms with E-state index in [-0.39, 0.29) is 0 Å². The molecule has 14 heavy (non-hydrogen) atoms. The minimum absolute atomic E-state index is 0.523. The molecule has 0 spiro atoms. The second kappa shape index (κ2) is 3.10. The normalized spacial score (nSPS) is 10.4. The molecule has 0 aliphatic rings. The fraction of sp³-hybridized carbons (Fsp3) is 0.222. The van der Waals surface area contributed by atoms with Gasteiger partial charge in [0.25, 0.3) is 0 Å². The number of aryl methyl sites for hydroxylation is 2. The number of pyridine rings is 1. The van der Waals surface area contributed by atoms with Crippen molar-refractivity contribution in [1.82, 2.24) is 20.0 Å². The van der Waals surface area contributed by atoms with Gasteiger partial charge in [-0.3, -0.25) is 4.68 Å². The molecule has 0 aliphatic carbocycles. The van der Waals surface area contributed by atoms with Crippen LogP contribution in [0.2, 0.25) is 0 Å². The van der Waals surface area contributed by atoms with E-state index in [1.807, 2.05) is 26.2 Å². The molecule has 0 unspecified atom stereocenters. The van der Waals surface area contributed by atoms with Crippen LogP contribution in [0.5, 0.6) is 0 Å². The van der Waals surface area contributed by atoms with Crippen molar-refractivity contribution < 1.29 is 0 Å². The maximum absolute atomic E-state index is 5.56. The van der Waals surface area contributed by atoms with Crippen molar-refractivity contribution in [1.29, 1.82) is 0 Å². The number of nitrogens with zero attached hydrogens (tertiary/aromatic N) is 4. The van der Waals surface area contributed by atoms with Gasteiger partial charge in [-0.2, -0.15) is 0 Å². The first-order valence-electron chi connectivity index (χ1n) is 4.25. The average molecular weight is 189 g/mol. The van der Waals surface area contributed by atoms with Crippen LogP contribution in [0.3, 0.4) is 0 Å². The van der Waals surface area contributed by atoms with Crippen LogP contribution in [0.1, 0.15) is 5.56 Å². The third kappa shape index (κ3) is 1.44. The van der Waals surface area contributed by atoms with Gasteiger partial charge in [0.15, 0.2) is 0 Å². The molecule has 2 heterocycles. The fourth-order valence-corrected chi connectivity index (χ4v) is 1.32. The Morgan fingerprint density at radius 2 is 2.21 bits per heavy atom. The van der Waals surface area contributed by atoms with Crippen LogP contribution < -0.4 is 5.73 Å². The fourth-order valence-electron chi connectivity index (χ4n) is 1.32. The third-order valence-corrected chi connectivity index (χ3v) is 2.01. The van der Waals surface area contributed by atoms with Gasteiger partial charge in [0.05, 0.1) is 6.20 Å². The number of rotatable bonds is 1. The lowest BCUT2D eigenvalue weighted by Gasteiger charge is -2.01. The molecule has 0 saturated heterocycles. The molecule has 0 aromatic carbocycles. The van der Waals surface area contributed by atoms with Crippen molar-refractivity contribution in [2.45, 2.75) is 6.92 Å². The van der Waals surface area contributed by atoms with E-state index in [0.29, 0.717) is 5.82 Å². The van der Waals surface area contributed by atoms with E-state index in [2.05, 4.69) is 15.3 Å². The summed E-state index contributed by atoms with van der Waals surface area (Å²) in [5.74, 6) is 0.523. The van der Waals surface area contributed by atoms with Gasteiger partial charge in [0.1, 0.15) is 11.5 Å². The zero-order chi connectivity index (χ0) is 10.1. The smallest absolute Gasteiger partial charge is 0.123 e. The monoisotopic (exact) mass is 189 g/mol. The van der Waals surface area contributed by atoms with E-state index in [0.717, 1.165) is 16.8 Å². The van der Waals surface area contributed by atoms with Gasteiger partial charge in [-0.15, -0.1) is 5.10 Å². The van der Waals surface area contributed by atoms with Crippen molar-refractivity contribution in [3.63, 3.8) is 0 Å². The summed E-state index contributed by atoms with van der Waals surface area (Å²) in [5, 5.41) is 7.87. The standard InChI is InChI=1S/C9H11N5/c1-6-3-9(10)11-4-7(6)8-5-14(2)13-12-8/h3-5H,1-2H3,(H2,10,11). The summed E-state index contributed by atoms with van der Waals surface area (Å²) in [7, 11) is 1.83. The maximum atomic E-state index is 5.56. The van der Waals surface area contributed by atoms with Crippen molar-refractivity contribution >= 4 is 5.82 Å². The van der Waals surface area contributed by atoms with Gasteiger partial charge >= 0.3 is 0 Å². The van der Waals surface area contributed by atoms with Gasteiger partial charge in [-0.1, -0.05) is 5.21 Å². The van der Waals surface area contributed by atoms with Gasteiger partial charge in [-0.05, 0) is 18.6 Å². The van der Waals surface area contributed by atoms with Crippen molar-refractivity contribution in [3.05, 3.63) is 24.0 Å². The van der Waals surface area contributed by atoms with Gasteiger partial charge in [-0.25, -0.2) is 4.98 Å². The van der Waals surface area contributed by atoms with Crippen LogP contribution in [0.15, 0.2) is 18.5 Å². The molecule has 0 aliphatic heterocycles. The molecule has 2 rings (SSSR count). The first kappa shape index (κ1) is 8.68. The molecule has 2 aromatic rings. The third-order valence-electron chi connectivity index (χ3n) is 2.01. The highest BCUT2D eigenvalue weighted by Gasteiger charge is 2.06. The maximum Gasteiger partial charge on any atom is 0.123 e. The molecule has 0 bridgehead atoms. The van der Waals surface area contributed by atoms with E-state index >= 15 is 0 Å². The van der Waals surface area contributed by atoms with E-state index in [1.54, 1.807) is 10.9 Å². The lowest BCUT2D eigenvalue weighted by molar-refractivity contribution is 0.715. The lowest BCUT2D eigenvalue weighted by atomic mass is 10.1. The topological polar surface area (TPSA) is 69.6 Å². The van der Waals surface area contributed by atoms with Crippen LogP contribution >= 0.6 is 0 Å². The van der Waals surface area contributed by atoms with Gasteiger partial charge in [0, 0.05) is 18.8 Å². The molecular formula is C9H11N5. The van der Waals surface area contributed by atoms with E-state index < -0.39 is 0 Å². The van der Waals surface area contributed by atoms with Gasteiger partial charge in [0.2, 0.25) is 0 Å². The molecule has 72 valence electrons. The van der Waals surface area contributed by atoms with Crippen LogP contribution in [0.4, 0.5) is 5.82 Å². The number of nitrogens with two attached hydrogens (primary N) is 1. The van der Waals surface area contributed by atoms with Gasteiger partial charge < -0.3 is 5.73 Å². The summed E-state index contributed by atoms with van der Waals surface area (Å²) in [6.07, 6.45) is 3.56. The summed E-state index contributed by atoms with van der Waals surface area (Å²) < 4.78 is 1.66. The number of hydrogen-bond acceptors (Lipinski definition) is 4. The number of hydrogen-bond donors (Lipinski definition) is 1. The molecule has 0 saturated carbocycles. The Labute approximate surface area is 81.6 Å². The Bertz CT molecular complexity index is 460. The Hall–Kier alpha value is -1.91. The minimum atomic E-state index is 0.523. The summed E-state index contributed by atoms with van der Waals surface area (Å²) >= 11 is 0. The highest BCUT2D eigenvalue weighted by atomic mass is 15.4. The van der Waals surface area contributed by atoms with Crippen LogP contribution in [0.25, 0.3) is 11.3 Å². The van der Waals surface area contributed by atoms with Crippen molar-refractivity contribution in [2.24, 2.45) is 7.05 Å². The Balaban J connectivity index is 2.52. The van der Waals surface area contributed by atoms with E-state index in [1.165, 1.54) is 0 Å². The van der Waals surface area contributed by atoms with Crippen LogP contribution in [-0.2, 0) is 7.05 Å². The molecule has 0 amide bonds. The highest BCUT2D eigenvalue weighted by molar-refractivity contribution is 5.62. The number of anilines is 1. The van der Waals surface area contributed by atoms with E-state index in [9.17, 15) is 0 Å². The summed E-state index contributed by atoms with van der Waals surface area (Å²) in [6.45, 7) is 1.97. The molecule has 5 nitrogen and oxygen atoms in total. The minimum Gasteiger partial charge on any atom is -0.384 e. The highest BCUT2D eigenvalue weighted by Crippen LogP contribution is 2.20. The predicted octanol–water partition coefficient (Wildman–Crippen LogP) is 0.768. The lowest BCUT2D eigenvalue weighted by Crippen LogP contribution is -1.92. The summed E-state index contributed by atoms with van der Waals surface area (Å²) in [4.78, 5) is 4.03. The van der Waals surface area contributed by atoms with Crippen LogP contribution in [-0.4, -0.2) is 20.0 Å². The molecular weight excluding hydrogens is 178 g/mol. The molecule has 0 fully saturated rings. The Morgan fingerprint density at radius 1 is 1.43 bits per heavy atom. The second-order valence-corrected chi connectivity index (χ2v) is 3.20. The summed E-state index contributed by atoms with van der Waals surface area (Å²) in [6, 6.07) is 1.82. The molecule has 2 N–H and O–H groups in total. The van der Waals surface area contributed by atoms with Crippen molar-refractivity contribution in [2.75, 3.05) is 5.73 Å². The molecule has 5 heteroatoms. The second-order valence-electron chi connectivity index (χ2n) is 3.20. The summed E-state index contributed by atoms with van der Waals surface area (Å²) in [5.41, 5.74) is 8.39. The Morgan fingerprint density at radius 3 is 2.79 bits per heavy atom. The first-order chi connectivity index (χ1) is 6.66. The molecule has 2 aromatic heterocycles. The number of nitrogen functional groups attached to an aromatic ring is 1. The molecule has 0 radical (unpaired) electrons. The van der Waals surface area contributed by atoms with Crippen molar-refractivity contribution in [3.8, 4) is 11.3 Å².